The summed E-state index contributed by atoms with van der Waals surface area (Å²) in [6.45, 7) is 3.02. The van der Waals surface area contributed by atoms with E-state index in [-0.39, 0.29) is 60.1 Å². The monoisotopic (exact) mass is 377 g/mol. The number of ether oxygens (including phenoxy) is 3. The van der Waals surface area contributed by atoms with Gasteiger partial charge in [-0.05, 0) is 31.9 Å². The van der Waals surface area contributed by atoms with Crippen LogP contribution in [0.5, 0.6) is 11.5 Å². The highest BCUT2D eigenvalue weighted by Gasteiger charge is 2.30. The lowest BCUT2D eigenvalue weighted by Gasteiger charge is -2.22. The second-order valence-electron chi connectivity index (χ2n) is 5.94. The highest BCUT2D eigenvalue weighted by atomic mass is 16.6. The van der Waals surface area contributed by atoms with E-state index >= 15 is 0 Å². The number of rotatable bonds is 8. The quantitative estimate of drug-likeness (QED) is 0.488. The van der Waals surface area contributed by atoms with E-state index in [1.54, 1.807) is 13.8 Å². The Labute approximate surface area is 156 Å². The molecule has 0 bridgehead atoms. The van der Waals surface area contributed by atoms with Gasteiger partial charge in [-0.25, -0.2) is 4.79 Å². The van der Waals surface area contributed by atoms with E-state index in [1.807, 2.05) is 0 Å². The first-order chi connectivity index (χ1) is 12.9. The van der Waals surface area contributed by atoms with Gasteiger partial charge in [0, 0.05) is 12.8 Å². The standard InChI is InChI=1S/C19H22O8/c1-3-13(19(23)24)27-15-9-8-14(26-10-16(22)25-4-2)17-11(20)6-5-7-12(21)18(15)17/h8-9,13H,3-7,10H2,1-2H3,(H,23,24)/p-1. The Morgan fingerprint density at radius 1 is 1.07 bits per heavy atom. The number of carbonyl (C=O) groups is 4. The summed E-state index contributed by atoms with van der Waals surface area (Å²) in [6, 6.07) is 2.74. The van der Waals surface area contributed by atoms with Crippen LogP contribution in [0.3, 0.4) is 0 Å². The van der Waals surface area contributed by atoms with Gasteiger partial charge in [0.2, 0.25) is 0 Å². The van der Waals surface area contributed by atoms with Crippen LogP contribution in [0.4, 0.5) is 0 Å². The molecule has 2 rings (SSSR count). The van der Waals surface area contributed by atoms with Gasteiger partial charge in [0.25, 0.3) is 0 Å². The maximum atomic E-state index is 12.6. The smallest absolute Gasteiger partial charge is 0.344 e. The van der Waals surface area contributed by atoms with Crippen molar-refractivity contribution in [2.45, 2.75) is 45.6 Å². The summed E-state index contributed by atoms with van der Waals surface area (Å²) >= 11 is 0. The maximum Gasteiger partial charge on any atom is 0.344 e. The number of carboxylic acid groups (broad SMARTS) is 1. The zero-order valence-corrected chi connectivity index (χ0v) is 15.2. The van der Waals surface area contributed by atoms with E-state index in [1.165, 1.54) is 12.1 Å². The Morgan fingerprint density at radius 3 is 2.22 bits per heavy atom. The van der Waals surface area contributed by atoms with E-state index in [0.29, 0.717) is 6.42 Å². The van der Waals surface area contributed by atoms with Crippen molar-refractivity contribution in [1.82, 2.24) is 0 Å². The van der Waals surface area contributed by atoms with Crippen molar-refractivity contribution >= 4 is 23.5 Å². The highest BCUT2D eigenvalue weighted by Crippen LogP contribution is 2.36. The number of hydrogen-bond acceptors (Lipinski definition) is 8. The summed E-state index contributed by atoms with van der Waals surface area (Å²) < 4.78 is 15.6. The van der Waals surface area contributed by atoms with Crippen LogP contribution >= 0.6 is 0 Å². The van der Waals surface area contributed by atoms with Gasteiger partial charge >= 0.3 is 5.97 Å². The molecule has 0 spiro atoms. The minimum absolute atomic E-state index is 0.00694. The number of fused-ring (bicyclic) bond motifs is 1. The molecule has 0 amide bonds. The van der Waals surface area contributed by atoms with Gasteiger partial charge in [-0.3, -0.25) is 9.59 Å². The van der Waals surface area contributed by atoms with Crippen molar-refractivity contribution in [3.8, 4) is 11.5 Å². The third kappa shape index (κ3) is 4.84. The number of carbonyl (C=O) groups excluding carboxylic acids is 4. The SMILES string of the molecule is CCOC(=O)COc1ccc(OC(CC)C(=O)[O-])c2c1C(=O)CCCC2=O. The molecule has 8 nitrogen and oxygen atoms in total. The van der Waals surface area contributed by atoms with Gasteiger partial charge in [0.1, 0.15) is 17.6 Å². The Balaban J connectivity index is 2.45. The molecule has 0 saturated heterocycles. The first-order valence-electron chi connectivity index (χ1n) is 8.78. The molecule has 0 heterocycles. The molecule has 0 saturated carbocycles. The number of aliphatic carboxylic acids is 1. The van der Waals surface area contributed by atoms with E-state index in [9.17, 15) is 24.3 Å². The lowest BCUT2D eigenvalue weighted by molar-refractivity contribution is -0.313. The van der Waals surface area contributed by atoms with E-state index in [2.05, 4.69) is 0 Å². The minimum Gasteiger partial charge on any atom is -0.546 e. The van der Waals surface area contributed by atoms with Crippen LogP contribution in [0.15, 0.2) is 12.1 Å². The fraction of sp³-hybridized carbons (Fsp3) is 0.474. The van der Waals surface area contributed by atoms with Gasteiger partial charge in [-0.15, -0.1) is 0 Å². The van der Waals surface area contributed by atoms with Crippen LogP contribution in [-0.4, -0.2) is 42.8 Å². The molecule has 8 heteroatoms. The van der Waals surface area contributed by atoms with E-state index in [0.717, 1.165) is 0 Å². The average Bonchev–Trinajstić information content (AvgIpc) is 2.78. The lowest BCUT2D eigenvalue weighted by Crippen LogP contribution is -2.39. The van der Waals surface area contributed by atoms with Gasteiger partial charge in [-0.2, -0.15) is 0 Å². The Kier molecular flexibility index (Phi) is 6.92. The van der Waals surface area contributed by atoms with Crippen LogP contribution in [0.25, 0.3) is 0 Å². The number of Topliss-reactive ketones (excluding diaryl/α,β-unsaturated/α-hetero) is 2. The third-order valence-electron chi connectivity index (χ3n) is 4.05. The number of hydrogen-bond donors (Lipinski definition) is 0. The van der Waals surface area contributed by atoms with E-state index in [4.69, 9.17) is 14.2 Å². The second-order valence-corrected chi connectivity index (χ2v) is 5.94. The van der Waals surface area contributed by atoms with Crippen molar-refractivity contribution < 1.29 is 38.5 Å². The van der Waals surface area contributed by atoms with Crippen LogP contribution in [0, 0.1) is 0 Å². The molecule has 1 atom stereocenters. The van der Waals surface area contributed by atoms with E-state index < -0.39 is 24.6 Å². The molecule has 1 unspecified atom stereocenters. The van der Waals surface area contributed by atoms with Crippen molar-refractivity contribution in [2.24, 2.45) is 0 Å². The molecular formula is C19H21O8-. The third-order valence-corrected chi connectivity index (χ3v) is 4.05. The van der Waals surface area contributed by atoms with Crippen LogP contribution < -0.4 is 14.6 Å². The van der Waals surface area contributed by atoms with Gasteiger partial charge in [0.05, 0.1) is 23.7 Å². The van der Waals surface area contributed by atoms with Gasteiger partial charge in [-0.1, -0.05) is 6.92 Å². The molecule has 0 aromatic heterocycles. The summed E-state index contributed by atoms with van der Waals surface area (Å²) in [5.41, 5.74) is -0.00828. The summed E-state index contributed by atoms with van der Waals surface area (Å²) in [4.78, 5) is 47.8. The fourth-order valence-electron chi connectivity index (χ4n) is 2.79. The maximum absolute atomic E-state index is 12.6. The number of ketones is 2. The van der Waals surface area contributed by atoms with Crippen molar-refractivity contribution in [3.63, 3.8) is 0 Å². The summed E-state index contributed by atoms with van der Waals surface area (Å²) in [6.07, 6.45) is -0.512. The normalized spacial score (nSPS) is 14.7. The van der Waals surface area contributed by atoms with Gasteiger partial charge in [0.15, 0.2) is 18.2 Å². The molecule has 1 aromatic rings. The average molecular weight is 377 g/mol. The van der Waals surface area contributed by atoms with Crippen LogP contribution in [-0.2, 0) is 14.3 Å². The molecule has 0 fully saturated rings. The topological polar surface area (TPSA) is 119 Å². The Morgan fingerprint density at radius 2 is 1.67 bits per heavy atom. The van der Waals surface area contributed by atoms with Gasteiger partial charge < -0.3 is 24.1 Å². The van der Waals surface area contributed by atoms with Crippen molar-refractivity contribution in [3.05, 3.63) is 23.3 Å². The summed E-state index contributed by atoms with van der Waals surface area (Å²) in [7, 11) is 0. The zero-order valence-electron chi connectivity index (χ0n) is 15.2. The predicted molar refractivity (Wildman–Crippen MR) is 90.8 cm³/mol. The Bertz CT molecular complexity index is 752. The van der Waals surface area contributed by atoms with Crippen LogP contribution in [0.2, 0.25) is 0 Å². The lowest BCUT2D eigenvalue weighted by atomic mass is 9.99. The Hall–Kier alpha value is -2.90. The molecule has 1 aromatic carbocycles. The molecule has 0 radical (unpaired) electrons. The second kappa shape index (κ2) is 9.16. The summed E-state index contributed by atoms with van der Waals surface area (Å²) in [5, 5.41) is 11.2. The molecule has 1 aliphatic carbocycles. The largest absolute Gasteiger partial charge is 0.546 e. The fourth-order valence-corrected chi connectivity index (χ4v) is 2.79. The number of carboxylic acids is 1. The first-order valence-corrected chi connectivity index (χ1v) is 8.78. The molecule has 146 valence electrons. The summed E-state index contributed by atoms with van der Waals surface area (Å²) in [5.74, 6) is -2.65. The number of esters is 1. The molecule has 0 N–H and O–H groups in total. The highest BCUT2D eigenvalue weighted by molar-refractivity contribution is 6.13. The number of benzene rings is 1. The van der Waals surface area contributed by atoms with Crippen LogP contribution in [0.1, 0.15) is 60.2 Å². The van der Waals surface area contributed by atoms with Crippen molar-refractivity contribution in [2.75, 3.05) is 13.2 Å². The molecule has 1 aliphatic rings. The first kappa shape index (κ1) is 20.4. The molecular weight excluding hydrogens is 356 g/mol. The minimum atomic E-state index is -1.42. The molecule has 27 heavy (non-hydrogen) atoms. The van der Waals surface area contributed by atoms with Crippen molar-refractivity contribution in [1.29, 1.82) is 0 Å². The zero-order chi connectivity index (χ0) is 20.0. The molecule has 0 aliphatic heterocycles. The predicted octanol–water partition coefficient (Wildman–Crippen LogP) is 1.09.